The summed E-state index contributed by atoms with van der Waals surface area (Å²) in [5, 5.41) is 3.57. The van der Waals surface area contributed by atoms with Gasteiger partial charge < -0.3 is 15.4 Å². The monoisotopic (exact) mass is 349 g/mol. The number of hydrogen-bond acceptors (Lipinski definition) is 6. The van der Waals surface area contributed by atoms with Gasteiger partial charge in [-0.25, -0.2) is 9.59 Å². The predicted octanol–water partition coefficient (Wildman–Crippen LogP) is 1.99. The van der Waals surface area contributed by atoms with Crippen LogP contribution in [0, 0.1) is 6.92 Å². The molecule has 2 rings (SSSR count). The third-order valence-electron chi connectivity index (χ3n) is 3.94. The van der Waals surface area contributed by atoms with Crippen LogP contribution < -0.4 is 11.4 Å². The third kappa shape index (κ3) is 4.42. The van der Waals surface area contributed by atoms with Crippen LogP contribution in [0.1, 0.15) is 38.8 Å². The Morgan fingerprint density at radius 1 is 1.56 bits per heavy atom. The molecule has 1 aliphatic heterocycles. The molecule has 10 heteroatoms. The summed E-state index contributed by atoms with van der Waals surface area (Å²) in [6.45, 7) is 7.47. The largest absolute Gasteiger partial charge is 0.444 e. The maximum Gasteiger partial charge on any atom is 0.410 e. The van der Waals surface area contributed by atoms with Crippen LogP contribution in [-0.2, 0) is 4.74 Å². The summed E-state index contributed by atoms with van der Waals surface area (Å²) in [6, 6.07) is -0.633. The van der Waals surface area contributed by atoms with E-state index in [9.17, 15) is 9.59 Å². The van der Waals surface area contributed by atoms with Gasteiger partial charge in [-0.1, -0.05) is 5.11 Å². The number of hydrogen-bond donors (Lipinski definition) is 1. The molecule has 0 aromatic carbocycles. The second-order valence-electron chi connectivity index (χ2n) is 7.09. The number of anilines is 1. The van der Waals surface area contributed by atoms with E-state index < -0.39 is 17.4 Å². The maximum absolute atomic E-state index is 12.5. The Balaban J connectivity index is 2.29. The fraction of sp³-hybridized carbons (Fsp3) is 0.667. The van der Waals surface area contributed by atoms with Crippen LogP contribution in [0.25, 0.3) is 10.4 Å². The molecule has 0 saturated carbocycles. The molecule has 1 saturated heterocycles. The second-order valence-corrected chi connectivity index (χ2v) is 7.09. The molecule has 1 aliphatic rings. The van der Waals surface area contributed by atoms with Crippen LogP contribution >= 0.6 is 0 Å². The molecule has 1 aromatic heterocycles. The molecular formula is C15H23N7O3. The number of nitrogens with zero attached hydrogens (tertiary/aromatic N) is 6. The molecule has 10 nitrogen and oxygen atoms in total. The average Bonchev–Trinajstić information content (AvgIpc) is 2.91. The van der Waals surface area contributed by atoms with Crippen molar-refractivity contribution in [3.05, 3.63) is 32.7 Å². The van der Waals surface area contributed by atoms with Crippen molar-refractivity contribution in [2.75, 3.05) is 18.8 Å². The van der Waals surface area contributed by atoms with Gasteiger partial charge in [0.2, 0.25) is 0 Å². The molecule has 1 aromatic rings. The maximum atomic E-state index is 12.5. The zero-order valence-corrected chi connectivity index (χ0v) is 14.8. The van der Waals surface area contributed by atoms with Gasteiger partial charge in [0.25, 0.3) is 0 Å². The van der Waals surface area contributed by atoms with Crippen molar-refractivity contribution in [1.29, 1.82) is 0 Å². The van der Waals surface area contributed by atoms with Crippen LogP contribution in [0.2, 0.25) is 0 Å². The van der Waals surface area contributed by atoms with Crippen molar-refractivity contribution in [2.24, 2.45) is 5.11 Å². The summed E-state index contributed by atoms with van der Waals surface area (Å²) in [5.41, 5.74) is 13.8. The Morgan fingerprint density at radius 2 is 2.24 bits per heavy atom. The van der Waals surface area contributed by atoms with Crippen molar-refractivity contribution in [3.63, 3.8) is 0 Å². The van der Waals surface area contributed by atoms with E-state index in [0.29, 0.717) is 12.0 Å². The number of nitrogen functional groups attached to an aromatic ring is 1. The van der Waals surface area contributed by atoms with E-state index in [1.165, 1.54) is 9.47 Å². The van der Waals surface area contributed by atoms with E-state index in [1.807, 2.05) is 0 Å². The van der Waals surface area contributed by atoms with E-state index in [-0.39, 0.29) is 31.0 Å². The van der Waals surface area contributed by atoms with Gasteiger partial charge in [-0.15, -0.1) is 0 Å². The van der Waals surface area contributed by atoms with Crippen LogP contribution in [0.5, 0.6) is 0 Å². The lowest BCUT2D eigenvalue weighted by atomic mass is 10.1. The minimum atomic E-state index is -0.644. The van der Waals surface area contributed by atoms with Crippen LogP contribution in [0.4, 0.5) is 10.6 Å². The summed E-state index contributed by atoms with van der Waals surface area (Å²) in [7, 11) is 0. The standard InChI is InChI=1S/C15H23N7O3/c1-9-7-21(13(23)19-12(9)16)11-5-10(6-18-20-17)22(8-11)14(24)25-15(2,3)4/h7,10-11H,5-6,8H2,1-4H3,(H2,16,19,23)/t10-,11-/m0/s1. The van der Waals surface area contributed by atoms with Crippen LogP contribution in [-0.4, -0.2) is 45.3 Å². The summed E-state index contributed by atoms with van der Waals surface area (Å²) in [6.07, 6.45) is 1.60. The molecule has 0 bridgehead atoms. The first-order valence-electron chi connectivity index (χ1n) is 7.98. The molecule has 136 valence electrons. The fourth-order valence-corrected chi connectivity index (χ4v) is 2.78. The van der Waals surface area contributed by atoms with Gasteiger partial charge in [-0.2, -0.15) is 4.98 Å². The Morgan fingerprint density at radius 3 is 2.84 bits per heavy atom. The average molecular weight is 349 g/mol. The number of aromatic nitrogens is 2. The highest BCUT2D eigenvalue weighted by Crippen LogP contribution is 2.28. The van der Waals surface area contributed by atoms with E-state index in [4.69, 9.17) is 16.0 Å². The van der Waals surface area contributed by atoms with E-state index in [1.54, 1.807) is 33.9 Å². The van der Waals surface area contributed by atoms with Gasteiger partial charge >= 0.3 is 11.8 Å². The number of aryl methyl sites for hydroxylation is 1. The highest BCUT2D eigenvalue weighted by molar-refractivity contribution is 5.69. The zero-order valence-electron chi connectivity index (χ0n) is 14.8. The lowest BCUT2D eigenvalue weighted by molar-refractivity contribution is 0.0227. The first-order chi connectivity index (χ1) is 11.6. The molecule has 1 amide bonds. The van der Waals surface area contributed by atoms with E-state index in [0.717, 1.165) is 0 Å². The topological polar surface area (TPSA) is 139 Å². The molecule has 0 unspecified atom stereocenters. The van der Waals surface area contributed by atoms with Gasteiger partial charge in [-0.05, 0) is 39.6 Å². The summed E-state index contributed by atoms with van der Waals surface area (Å²) in [4.78, 5) is 32.7. The first kappa shape index (κ1) is 18.6. The van der Waals surface area contributed by atoms with Gasteiger partial charge in [0.15, 0.2) is 0 Å². The number of carbonyl (C=O) groups is 1. The van der Waals surface area contributed by atoms with Gasteiger partial charge in [0.05, 0.1) is 6.04 Å². The molecule has 2 atom stereocenters. The lowest BCUT2D eigenvalue weighted by Crippen LogP contribution is -2.41. The number of nitrogens with two attached hydrogens (primary N) is 1. The molecule has 0 radical (unpaired) electrons. The Hall–Kier alpha value is -2.74. The quantitative estimate of drug-likeness (QED) is 0.505. The molecular weight excluding hydrogens is 326 g/mol. The molecule has 2 N–H and O–H groups in total. The third-order valence-corrected chi connectivity index (χ3v) is 3.94. The van der Waals surface area contributed by atoms with E-state index in [2.05, 4.69) is 15.0 Å². The highest BCUT2D eigenvalue weighted by atomic mass is 16.6. The molecule has 2 heterocycles. The number of amides is 1. The SMILES string of the molecule is Cc1cn([C@H]2C[C@@H](CN=[N+]=[N-])N(C(=O)OC(C)(C)C)C2)c(=O)nc1N. The Bertz CT molecular complexity index is 761. The number of rotatable bonds is 3. The van der Waals surface area contributed by atoms with Crippen molar-refractivity contribution < 1.29 is 9.53 Å². The number of carbonyl (C=O) groups excluding carboxylic acids is 1. The summed E-state index contributed by atoms with van der Waals surface area (Å²) >= 11 is 0. The summed E-state index contributed by atoms with van der Waals surface area (Å²) in [5.74, 6) is 0.189. The minimum absolute atomic E-state index is 0.113. The van der Waals surface area contributed by atoms with E-state index >= 15 is 0 Å². The lowest BCUT2D eigenvalue weighted by Gasteiger charge is -2.27. The Kier molecular flexibility index (Phi) is 5.22. The van der Waals surface area contributed by atoms with Crippen molar-refractivity contribution >= 4 is 11.9 Å². The molecule has 25 heavy (non-hydrogen) atoms. The van der Waals surface area contributed by atoms with Crippen LogP contribution in [0.15, 0.2) is 16.1 Å². The van der Waals surface area contributed by atoms with Crippen molar-refractivity contribution in [2.45, 2.75) is 51.8 Å². The molecule has 0 aliphatic carbocycles. The number of ether oxygens (including phenoxy) is 1. The minimum Gasteiger partial charge on any atom is -0.444 e. The van der Waals surface area contributed by atoms with Crippen molar-refractivity contribution in [1.82, 2.24) is 14.5 Å². The zero-order chi connectivity index (χ0) is 18.8. The van der Waals surface area contributed by atoms with Gasteiger partial charge in [0, 0.05) is 35.8 Å². The van der Waals surface area contributed by atoms with Crippen LogP contribution in [0.3, 0.4) is 0 Å². The summed E-state index contributed by atoms with van der Waals surface area (Å²) < 4.78 is 6.89. The Labute approximate surface area is 145 Å². The molecule has 0 spiro atoms. The van der Waals surface area contributed by atoms with Gasteiger partial charge in [0.1, 0.15) is 11.4 Å². The smallest absolute Gasteiger partial charge is 0.410 e. The number of azide groups is 1. The highest BCUT2D eigenvalue weighted by Gasteiger charge is 2.38. The normalized spacial score (nSPS) is 20.2. The van der Waals surface area contributed by atoms with Crippen molar-refractivity contribution in [3.8, 4) is 0 Å². The second kappa shape index (κ2) is 7.02. The predicted molar refractivity (Wildman–Crippen MR) is 92.0 cm³/mol. The fourth-order valence-electron chi connectivity index (χ4n) is 2.78. The first-order valence-corrected chi connectivity index (χ1v) is 7.98. The van der Waals surface area contributed by atoms with Gasteiger partial charge in [-0.3, -0.25) is 4.57 Å². The molecule has 1 fully saturated rings. The number of likely N-dealkylation sites (tertiary alicyclic amines) is 1.